The summed E-state index contributed by atoms with van der Waals surface area (Å²) in [4.78, 5) is 4.95. The van der Waals surface area contributed by atoms with E-state index in [1.165, 1.54) is 0 Å². The van der Waals surface area contributed by atoms with E-state index in [4.69, 9.17) is 32.9 Å². The Morgan fingerprint density at radius 1 is 1.14 bits per heavy atom. The summed E-state index contributed by atoms with van der Waals surface area (Å²) in [5, 5.41) is 6.15. The lowest BCUT2D eigenvalue weighted by molar-refractivity contribution is -0.0365. The summed E-state index contributed by atoms with van der Waals surface area (Å²) in [6.07, 6.45) is 6.12. The van der Waals surface area contributed by atoms with Crippen molar-refractivity contribution in [3.63, 3.8) is 0 Å². The second-order valence-electron chi connectivity index (χ2n) is 12.9. The molecule has 1 aromatic carbocycles. The molecule has 4 rings (SSSR count). The van der Waals surface area contributed by atoms with E-state index in [1.807, 2.05) is 22.5 Å². The predicted molar refractivity (Wildman–Crippen MR) is 169 cm³/mol. The number of imidazole rings is 1. The van der Waals surface area contributed by atoms with Gasteiger partial charge < -0.3 is 23.2 Å². The van der Waals surface area contributed by atoms with Crippen LogP contribution < -0.4 is 4.43 Å². The number of fused-ring (bicyclic) bond motifs is 1. The van der Waals surface area contributed by atoms with Crippen LogP contribution >= 0.6 is 0 Å². The molecule has 11 nitrogen and oxygen atoms in total. The minimum absolute atomic E-state index is 0.0834. The van der Waals surface area contributed by atoms with E-state index in [0.717, 1.165) is 66.0 Å². The highest BCUT2D eigenvalue weighted by molar-refractivity contribution is 7.86. The molecule has 240 valence electrons. The first kappa shape index (κ1) is 33.6. The van der Waals surface area contributed by atoms with Crippen LogP contribution in [-0.2, 0) is 42.0 Å². The van der Waals surface area contributed by atoms with Gasteiger partial charge in [0.05, 0.1) is 44.3 Å². The molecule has 3 heterocycles. The molecule has 0 radical (unpaired) electrons. The minimum Gasteiger partial charge on any atom is -0.543 e. The second-order valence-corrected chi connectivity index (χ2v) is 19.2. The number of hydrogen-bond acceptors (Lipinski definition) is 9. The number of aryl methyl sites for hydroxylation is 1. The fraction of sp³-hybridized carbons (Fsp3) is 0.667. The standard InChI is InChI=1S/C30H48N4O7SSi/c1-22(40-42(6,35)36)21-38-18-17-37-16-14-27-31-25(20-33(27)5)29-24-19-23(41-43(7,8)30(2,3)4)12-13-26(24)34(32-29)28-11-9-10-15-39-28/h12-13,19-20,22,28H,9-11,14-18,21H2,1-8H3/t22-,28?/m0/s1. The van der Waals surface area contributed by atoms with Gasteiger partial charge in [0.2, 0.25) is 8.32 Å². The zero-order valence-electron chi connectivity index (χ0n) is 26.9. The van der Waals surface area contributed by atoms with Crippen LogP contribution in [0.15, 0.2) is 24.4 Å². The fourth-order valence-electron chi connectivity index (χ4n) is 4.77. The van der Waals surface area contributed by atoms with Gasteiger partial charge >= 0.3 is 0 Å². The van der Waals surface area contributed by atoms with Crippen molar-refractivity contribution in [2.75, 3.05) is 39.3 Å². The van der Waals surface area contributed by atoms with Gasteiger partial charge in [-0.3, -0.25) is 4.18 Å². The molecular formula is C30H48N4O7SSi. The highest BCUT2D eigenvalue weighted by atomic mass is 32.2. The minimum atomic E-state index is -3.50. The Morgan fingerprint density at radius 3 is 2.56 bits per heavy atom. The van der Waals surface area contributed by atoms with Crippen molar-refractivity contribution in [3.05, 3.63) is 30.2 Å². The largest absolute Gasteiger partial charge is 0.543 e. The number of aromatic nitrogens is 4. The summed E-state index contributed by atoms with van der Waals surface area (Å²) in [6.45, 7) is 15.0. The van der Waals surface area contributed by atoms with Crippen molar-refractivity contribution >= 4 is 29.3 Å². The van der Waals surface area contributed by atoms with Gasteiger partial charge in [-0.15, -0.1) is 0 Å². The molecule has 13 heteroatoms. The third-order valence-electron chi connectivity index (χ3n) is 8.03. The Bertz CT molecular complexity index is 1470. The summed E-state index contributed by atoms with van der Waals surface area (Å²) < 4.78 is 55.2. The van der Waals surface area contributed by atoms with E-state index in [1.54, 1.807) is 6.92 Å². The maximum atomic E-state index is 11.2. The quantitative estimate of drug-likeness (QED) is 0.129. The average molecular weight is 637 g/mol. The maximum absolute atomic E-state index is 11.2. The lowest BCUT2D eigenvalue weighted by atomic mass is 10.1. The SMILES string of the molecule is C[C@@H](COCCOCCc1nc(-c2nn(C3CCCCO3)c3ccc(O[Si](C)(C)C(C)(C)C)cc23)cn1C)OS(C)(=O)=O. The molecule has 0 N–H and O–H groups in total. The van der Waals surface area contributed by atoms with E-state index < -0.39 is 24.5 Å². The predicted octanol–water partition coefficient (Wildman–Crippen LogP) is 5.46. The van der Waals surface area contributed by atoms with Crippen molar-refractivity contribution in [1.29, 1.82) is 0 Å². The van der Waals surface area contributed by atoms with Gasteiger partial charge in [0.25, 0.3) is 10.1 Å². The molecule has 1 saturated heterocycles. The highest BCUT2D eigenvalue weighted by Gasteiger charge is 2.39. The number of benzene rings is 1. The smallest absolute Gasteiger partial charge is 0.264 e. The first-order chi connectivity index (χ1) is 20.1. The summed E-state index contributed by atoms with van der Waals surface area (Å²) in [6, 6.07) is 6.26. The molecule has 1 fully saturated rings. The van der Waals surface area contributed by atoms with Gasteiger partial charge in [0.15, 0.2) is 6.23 Å². The Labute approximate surface area is 257 Å². The van der Waals surface area contributed by atoms with Crippen LogP contribution in [0.1, 0.15) is 59.0 Å². The van der Waals surface area contributed by atoms with E-state index in [9.17, 15) is 8.42 Å². The van der Waals surface area contributed by atoms with Crippen molar-refractivity contribution in [2.45, 2.75) is 83.8 Å². The Morgan fingerprint density at radius 2 is 1.88 bits per heavy atom. The highest BCUT2D eigenvalue weighted by Crippen LogP contribution is 2.39. The van der Waals surface area contributed by atoms with E-state index in [2.05, 4.69) is 52.1 Å². The second kappa shape index (κ2) is 13.8. The van der Waals surface area contributed by atoms with Gasteiger partial charge in [-0.25, -0.2) is 9.67 Å². The van der Waals surface area contributed by atoms with Gasteiger partial charge in [-0.05, 0) is 62.5 Å². The molecule has 0 aliphatic carbocycles. The molecule has 2 aromatic heterocycles. The monoisotopic (exact) mass is 636 g/mol. The fourth-order valence-corrected chi connectivity index (χ4v) is 6.44. The maximum Gasteiger partial charge on any atom is 0.264 e. The molecule has 1 aliphatic rings. The van der Waals surface area contributed by atoms with Crippen LogP contribution in [0.3, 0.4) is 0 Å². The molecule has 1 unspecified atom stereocenters. The third kappa shape index (κ3) is 8.89. The number of rotatable bonds is 14. The lowest BCUT2D eigenvalue weighted by Crippen LogP contribution is -2.43. The Hall–Kier alpha value is -2.29. The third-order valence-corrected chi connectivity index (χ3v) is 13.1. The van der Waals surface area contributed by atoms with Crippen LogP contribution in [0.2, 0.25) is 18.1 Å². The molecule has 3 aromatic rings. The van der Waals surface area contributed by atoms with Crippen LogP contribution in [-0.4, -0.2) is 81.5 Å². The summed E-state index contributed by atoms with van der Waals surface area (Å²) in [5.41, 5.74) is 2.62. The molecule has 43 heavy (non-hydrogen) atoms. The van der Waals surface area contributed by atoms with E-state index in [0.29, 0.717) is 26.2 Å². The zero-order valence-corrected chi connectivity index (χ0v) is 28.7. The number of ether oxygens (including phenoxy) is 3. The number of hydrogen-bond donors (Lipinski definition) is 0. The molecule has 0 amide bonds. The average Bonchev–Trinajstić information content (AvgIpc) is 3.46. The zero-order chi connectivity index (χ0) is 31.4. The van der Waals surface area contributed by atoms with Gasteiger partial charge in [-0.1, -0.05) is 20.8 Å². The van der Waals surface area contributed by atoms with Crippen LogP contribution in [0.25, 0.3) is 22.3 Å². The Balaban J connectivity index is 1.47. The summed E-state index contributed by atoms with van der Waals surface area (Å²) in [5.74, 6) is 1.74. The molecule has 0 saturated carbocycles. The van der Waals surface area contributed by atoms with Gasteiger partial charge in [0, 0.05) is 31.7 Å². The molecule has 0 spiro atoms. The molecule has 0 bridgehead atoms. The van der Waals surface area contributed by atoms with Crippen LogP contribution in [0, 0.1) is 0 Å². The molecular weight excluding hydrogens is 589 g/mol. The van der Waals surface area contributed by atoms with E-state index >= 15 is 0 Å². The molecule has 2 atom stereocenters. The van der Waals surface area contributed by atoms with Crippen LogP contribution in [0.4, 0.5) is 0 Å². The van der Waals surface area contributed by atoms with Crippen molar-refractivity contribution < 1.29 is 31.2 Å². The summed E-state index contributed by atoms with van der Waals surface area (Å²) in [7, 11) is -3.54. The first-order valence-electron chi connectivity index (χ1n) is 15.0. The first-order valence-corrected chi connectivity index (χ1v) is 19.8. The van der Waals surface area contributed by atoms with Gasteiger partial charge in [-0.2, -0.15) is 13.5 Å². The normalized spacial score (nSPS) is 17.4. The molecule has 1 aliphatic heterocycles. The lowest BCUT2D eigenvalue weighted by Gasteiger charge is -2.36. The topological polar surface area (TPSA) is 116 Å². The summed E-state index contributed by atoms with van der Waals surface area (Å²) >= 11 is 0. The van der Waals surface area contributed by atoms with Crippen molar-refractivity contribution in [2.24, 2.45) is 7.05 Å². The van der Waals surface area contributed by atoms with Gasteiger partial charge in [0.1, 0.15) is 23.0 Å². The Kier molecular flexibility index (Phi) is 10.8. The van der Waals surface area contributed by atoms with Crippen molar-refractivity contribution in [1.82, 2.24) is 19.3 Å². The van der Waals surface area contributed by atoms with Crippen LogP contribution in [0.5, 0.6) is 5.75 Å². The van der Waals surface area contributed by atoms with Crippen molar-refractivity contribution in [3.8, 4) is 17.1 Å². The van der Waals surface area contributed by atoms with E-state index in [-0.39, 0.29) is 17.9 Å². The number of nitrogens with zero attached hydrogens (tertiary/aromatic N) is 4.